The van der Waals surface area contributed by atoms with Crippen LogP contribution in [0.15, 0.2) is 24.3 Å². The van der Waals surface area contributed by atoms with Gasteiger partial charge in [-0.1, -0.05) is 18.2 Å². The maximum absolute atomic E-state index is 11.7. The molecule has 1 heterocycles. The number of amides is 1. The Hall–Kier alpha value is -1.55. The first kappa shape index (κ1) is 11.0. The monoisotopic (exact) mass is 220 g/mol. The van der Waals surface area contributed by atoms with Crippen LogP contribution in [0.25, 0.3) is 0 Å². The number of anilines is 1. The fraction of sp³-hybridized carbons (Fsp3) is 0.417. The van der Waals surface area contributed by atoms with Crippen LogP contribution in [0.4, 0.5) is 10.5 Å². The minimum atomic E-state index is -0.290. The number of rotatable bonds is 1. The highest BCUT2D eigenvalue weighted by atomic mass is 16.6. The van der Waals surface area contributed by atoms with Gasteiger partial charge in [0.1, 0.15) is 0 Å². The van der Waals surface area contributed by atoms with Crippen LogP contribution in [-0.4, -0.2) is 19.2 Å². The van der Waals surface area contributed by atoms with Crippen molar-refractivity contribution in [2.75, 3.05) is 18.1 Å². The predicted octanol–water partition coefficient (Wildman–Crippen LogP) is 2.05. The molecule has 0 unspecified atom stereocenters. The number of carbonyl (C=O) groups is 1. The Morgan fingerprint density at radius 2 is 2.31 bits per heavy atom. The molecule has 0 fully saturated rings. The van der Waals surface area contributed by atoms with Gasteiger partial charge in [0.05, 0.1) is 12.3 Å². The van der Waals surface area contributed by atoms with Crippen molar-refractivity contribution in [1.82, 2.24) is 0 Å². The van der Waals surface area contributed by atoms with Crippen LogP contribution in [-0.2, 0) is 4.74 Å². The van der Waals surface area contributed by atoms with Gasteiger partial charge in [-0.2, -0.15) is 0 Å². The molecule has 0 aliphatic carbocycles. The van der Waals surface area contributed by atoms with Gasteiger partial charge in [-0.25, -0.2) is 4.79 Å². The predicted molar refractivity (Wildman–Crippen MR) is 62.4 cm³/mol. The molecule has 1 aromatic rings. The molecule has 1 atom stereocenters. The number of fused-ring (bicyclic) bond motifs is 1. The van der Waals surface area contributed by atoms with Crippen LogP contribution >= 0.6 is 0 Å². The van der Waals surface area contributed by atoms with Crippen LogP contribution in [0.1, 0.15) is 24.9 Å². The van der Waals surface area contributed by atoms with Crippen molar-refractivity contribution in [2.45, 2.75) is 19.4 Å². The lowest BCUT2D eigenvalue weighted by molar-refractivity contribution is 0.159. The fourth-order valence-electron chi connectivity index (χ4n) is 1.98. The van der Waals surface area contributed by atoms with Gasteiger partial charge in [0.25, 0.3) is 0 Å². The highest BCUT2D eigenvalue weighted by Crippen LogP contribution is 2.32. The fourth-order valence-corrected chi connectivity index (χ4v) is 1.98. The largest absolute Gasteiger partial charge is 0.449 e. The zero-order valence-corrected chi connectivity index (χ0v) is 9.35. The Morgan fingerprint density at radius 3 is 3.06 bits per heavy atom. The van der Waals surface area contributed by atoms with E-state index in [1.54, 1.807) is 11.8 Å². The molecule has 0 saturated heterocycles. The minimum Gasteiger partial charge on any atom is -0.449 e. The first-order valence-corrected chi connectivity index (χ1v) is 5.53. The molecule has 1 aromatic carbocycles. The summed E-state index contributed by atoms with van der Waals surface area (Å²) in [5.41, 5.74) is 7.89. The summed E-state index contributed by atoms with van der Waals surface area (Å²) in [6.45, 7) is 2.82. The Kier molecular flexibility index (Phi) is 3.10. The molecule has 0 radical (unpaired) electrons. The number of benzene rings is 1. The van der Waals surface area contributed by atoms with Gasteiger partial charge in [-0.3, -0.25) is 4.90 Å². The molecule has 0 aromatic heterocycles. The van der Waals surface area contributed by atoms with Crippen LogP contribution in [0.3, 0.4) is 0 Å². The smallest absolute Gasteiger partial charge is 0.414 e. The second-order valence-electron chi connectivity index (χ2n) is 3.80. The zero-order valence-electron chi connectivity index (χ0n) is 9.35. The molecule has 4 nitrogen and oxygen atoms in total. The summed E-state index contributed by atoms with van der Waals surface area (Å²) in [7, 11) is 0. The third-order valence-electron chi connectivity index (χ3n) is 2.78. The minimum absolute atomic E-state index is 0.0156. The first-order chi connectivity index (χ1) is 7.74. The summed E-state index contributed by atoms with van der Waals surface area (Å²) in [6, 6.07) is 7.73. The van der Waals surface area contributed by atoms with E-state index < -0.39 is 0 Å². The summed E-state index contributed by atoms with van der Waals surface area (Å²) in [5, 5.41) is 0. The lowest BCUT2D eigenvalue weighted by Crippen LogP contribution is -2.38. The third-order valence-corrected chi connectivity index (χ3v) is 2.78. The molecule has 2 rings (SSSR count). The molecular formula is C12H16N2O2. The number of ether oxygens (including phenoxy) is 1. The standard InChI is InChI=1S/C12H16N2O2/c1-2-16-12(15)14-8-7-10(13)9-5-3-4-6-11(9)14/h3-6,10H,2,7-8,13H2,1H3/t10-/m0/s1. The summed E-state index contributed by atoms with van der Waals surface area (Å²) in [6.07, 6.45) is 0.484. The van der Waals surface area contributed by atoms with Gasteiger partial charge in [0.2, 0.25) is 0 Å². The molecule has 0 saturated carbocycles. The van der Waals surface area contributed by atoms with Crippen molar-refractivity contribution < 1.29 is 9.53 Å². The Morgan fingerprint density at radius 1 is 1.56 bits per heavy atom. The van der Waals surface area contributed by atoms with E-state index in [0.717, 1.165) is 17.7 Å². The second-order valence-corrected chi connectivity index (χ2v) is 3.80. The van der Waals surface area contributed by atoms with Crippen molar-refractivity contribution in [3.63, 3.8) is 0 Å². The van der Waals surface area contributed by atoms with E-state index in [4.69, 9.17) is 10.5 Å². The number of hydrogen-bond acceptors (Lipinski definition) is 3. The van der Waals surface area contributed by atoms with Gasteiger partial charge in [-0.15, -0.1) is 0 Å². The first-order valence-electron chi connectivity index (χ1n) is 5.53. The molecular weight excluding hydrogens is 204 g/mol. The molecule has 0 spiro atoms. The third kappa shape index (κ3) is 1.88. The summed E-state index contributed by atoms with van der Waals surface area (Å²) >= 11 is 0. The molecule has 86 valence electrons. The van der Waals surface area contributed by atoms with E-state index >= 15 is 0 Å². The Balaban J connectivity index is 2.31. The van der Waals surface area contributed by atoms with Crippen LogP contribution in [0.5, 0.6) is 0 Å². The summed E-state index contributed by atoms with van der Waals surface area (Å²) in [5.74, 6) is 0. The molecule has 1 aliphatic heterocycles. The number of carbonyl (C=O) groups excluding carboxylic acids is 1. The second kappa shape index (κ2) is 4.53. The van der Waals surface area contributed by atoms with Gasteiger partial charge in [-0.05, 0) is 25.0 Å². The lowest BCUT2D eigenvalue weighted by atomic mass is 9.98. The zero-order chi connectivity index (χ0) is 11.5. The molecule has 2 N–H and O–H groups in total. The van der Waals surface area contributed by atoms with Crippen molar-refractivity contribution in [3.8, 4) is 0 Å². The van der Waals surface area contributed by atoms with Crippen molar-refractivity contribution in [3.05, 3.63) is 29.8 Å². The molecule has 0 bridgehead atoms. The average Bonchev–Trinajstić information content (AvgIpc) is 2.30. The van der Waals surface area contributed by atoms with Crippen LogP contribution < -0.4 is 10.6 Å². The molecule has 1 amide bonds. The molecule has 4 heteroatoms. The maximum Gasteiger partial charge on any atom is 0.414 e. The number of hydrogen-bond donors (Lipinski definition) is 1. The average molecular weight is 220 g/mol. The van der Waals surface area contributed by atoms with Crippen LogP contribution in [0, 0.1) is 0 Å². The van der Waals surface area contributed by atoms with Gasteiger partial charge in [0.15, 0.2) is 0 Å². The SMILES string of the molecule is CCOC(=O)N1CC[C@H](N)c2ccccc21. The van der Waals surface area contributed by atoms with Crippen LogP contribution in [0.2, 0.25) is 0 Å². The van der Waals surface area contributed by atoms with Gasteiger partial charge < -0.3 is 10.5 Å². The molecule has 16 heavy (non-hydrogen) atoms. The van der Waals surface area contributed by atoms with E-state index in [-0.39, 0.29) is 12.1 Å². The van der Waals surface area contributed by atoms with E-state index in [9.17, 15) is 4.79 Å². The van der Waals surface area contributed by atoms with Crippen molar-refractivity contribution >= 4 is 11.8 Å². The lowest BCUT2D eigenvalue weighted by Gasteiger charge is -2.31. The topological polar surface area (TPSA) is 55.6 Å². The number of nitrogens with two attached hydrogens (primary N) is 1. The van der Waals surface area contributed by atoms with E-state index in [1.807, 2.05) is 24.3 Å². The van der Waals surface area contributed by atoms with Gasteiger partial charge >= 0.3 is 6.09 Å². The van der Waals surface area contributed by atoms with E-state index in [0.29, 0.717) is 13.2 Å². The normalized spacial score (nSPS) is 19.1. The van der Waals surface area contributed by atoms with E-state index in [2.05, 4.69) is 0 Å². The van der Waals surface area contributed by atoms with Crippen molar-refractivity contribution in [2.24, 2.45) is 5.73 Å². The van der Waals surface area contributed by atoms with E-state index in [1.165, 1.54) is 0 Å². The summed E-state index contributed by atoms with van der Waals surface area (Å²) < 4.78 is 5.02. The highest BCUT2D eigenvalue weighted by Gasteiger charge is 2.26. The summed E-state index contributed by atoms with van der Waals surface area (Å²) in [4.78, 5) is 13.4. The number of para-hydroxylation sites is 1. The quantitative estimate of drug-likeness (QED) is 0.788. The Labute approximate surface area is 95.0 Å². The number of nitrogens with zero attached hydrogens (tertiary/aromatic N) is 1. The maximum atomic E-state index is 11.7. The Bertz CT molecular complexity index is 392. The van der Waals surface area contributed by atoms with Crippen molar-refractivity contribution in [1.29, 1.82) is 0 Å². The van der Waals surface area contributed by atoms with Gasteiger partial charge in [0, 0.05) is 12.6 Å². The molecule has 1 aliphatic rings. The highest BCUT2D eigenvalue weighted by molar-refractivity contribution is 5.89.